The summed E-state index contributed by atoms with van der Waals surface area (Å²) in [6.45, 7) is 11.4. The average molecular weight is 919 g/mol. The van der Waals surface area contributed by atoms with Gasteiger partial charge < -0.3 is 31.3 Å². The molecule has 1 heterocycles. The quantitative estimate of drug-likeness (QED) is 0.0420. The van der Waals surface area contributed by atoms with Gasteiger partial charge >= 0.3 is 5.97 Å². The number of unbranched alkanes of at least 4 members (excludes halogenated alkanes) is 3. The first kappa shape index (κ1) is 56.5. The molecule has 66 heavy (non-hydrogen) atoms. The van der Waals surface area contributed by atoms with Crippen LogP contribution in [0.3, 0.4) is 0 Å². The zero-order chi connectivity index (χ0) is 48.7. The van der Waals surface area contributed by atoms with Crippen LogP contribution in [0.4, 0.5) is 5.69 Å². The predicted octanol–water partition coefficient (Wildman–Crippen LogP) is 6.92. The van der Waals surface area contributed by atoms with Gasteiger partial charge in [0.2, 0.25) is 41.4 Å². The maximum absolute atomic E-state index is 13.3. The topological polar surface area (TPSA) is 209 Å². The molecule has 1 aliphatic carbocycles. The third kappa shape index (κ3) is 21.6. The van der Waals surface area contributed by atoms with E-state index < -0.39 is 36.2 Å². The summed E-state index contributed by atoms with van der Waals surface area (Å²) in [7, 11) is 0. The smallest absolute Gasteiger partial charge is 0.309 e. The SMILES string of the molecule is CC.CC.CCCCC(C)C1CC(=O)N(CCCCCC(=O)NCC(=O)NCC(=O)N[C@@H](Cc2ccccc2)C(=O)NCC(=O)Nc2ccc(COC(=O)C3CCCCCCC3)cc2)C1=O. The van der Waals surface area contributed by atoms with Crippen LogP contribution in [0.2, 0.25) is 0 Å². The summed E-state index contributed by atoms with van der Waals surface area (Å²) in [5.74, 6) is -3.20. The third-order valence-electron chi connectivity index (χ3n) is 11.6. The number of amides is 7. The molecule has 2 unspecified atom stereocenters. The van der Waals surface area contributed by atoms with Crippen LogP contribution in [-0.4, -0.2) is 84.4 Å². The number of ether oxygens (including phenoxy) is 1. The number of carbonyl (C=O) groups is 8. The molecule has 7 amide bonds. The second-order valence-corrected chi connectivity index (χ2v) is 16.6. The van der Waals surface area contributed by atoms with Crippen molar-refractivity contribution in [2.45, 2.75) is 157 Å². The number of imide groups is 1. The van der Waals surface area contributed by atoms with Crippen molar-refractivity contribution >= 4 is 53.0 Å². The molecular weight excluding hydrogens is 841 g/mol. The standard InChI is InChI=1S/C47H66N6O9.2C2H6/c1-3-4-16-33(2)38-28-44(58)53(46(38)60)26-15-9-14-21-40(54)48-29-41(55)49-30-43(57)52-39(27-34-17-10-8-11-18-34)45(59)50-31-42(56)51-37-24-22-35(23-25-37)32-62-47(61)36-19-12-6-5-7-13-20-36;2*1-2/h8,10-11,17-18,22-25,33,36,38-39H,3-7,9,12-16,19-21,26-32H2,1-2H3,(H,48,54)(H,49,55)(H,50,59)(H,51,56)(H,52,57);2*1-2H3/t33?,38?,39-;;/m0../s1. The summed E-state index contributed by atoms with van der Waals surface area (Å²) in [6, 6.07) is 14.8. The Morgan fingerprint density at radius 1 is 0.697 bits per heavy atom. The molecule has 0 spiro atoms. The Labute approximate surface area is 393 Å². The molecular formula is C51H78N6O9. The Balaban J connectivity index is 0.00000364. The number of likely N-dealkylation sites (tertiary alicyclic amines) is 1. The van der Waals surface area contributed by atoms with Gasteiger partial charge in [0.25, 0.3) is 0 Å². The number of carbonyl (C=O) groups excluding carboxylic acids is 8. The second-order valence-electron chi connectivity index (χ2n) is 16.6. The first-order valence-corrected chi connectivity index (χ1v) is 24.5. The van der Waals surface area contributed by atoms with E-state index in [4.69, 9.17) is 4.74 Å². The van der Waals surface area contributed by atoms with Gasteiger partial charge in [-0.3, -0.25) is 43.3 Å². The first-order valence-electron chi connectivity index (χ1n) is 24.5. The zero-order valence-corrected chi connectivity index (χ0v) is 40.5. The number of nitrogens with zero attached hydrogens (tertiary/aromatic N) is 1. The highest BCUT2D eigenvalue weighted by atomic mass is 16.5. The molecule has 2 aliphatic rings. The third-order valence-corrected chi connectivity index (χ3v) is 11.6. The summed E-state index contributed by atoms with van der Waals surface area (Å²) in [5.41, 5.74) is 2.04. The van der Waals surface area contributed by atoms with Gasteiger partial charge in [-0.2, -0.15) is 0 Å². The molecule has 4 rings (SSSR count). The highest BCUT2D eigenvalue weighted by Gasteiger charge is 2.40. The Bertz CT molecular complexity index is 1800. The molecule has 15 heteroatoms. The number of nitrogens with one attached hydrogen (secondary N) is 5. The lowest BCUT2D eigenvalue weighted by atomic mass is 9.88. The van der Waals surface area contributed by atoms with Crippen LogP contribution in [-0.2, 0) is 56.1 Å². The number of hydrogen-bond acceptors (Lipinski definition) is 9. The molecule has 366 valence electrons. The fraction of sp³-hybridized carbons (Fsp3) is 0.608. The van der Waals surface area contributed by atoms with Crippen LogP contribution in [0.25, 0.3) is 0 Å². The van der Waals surface area contributed by atoms with E-state index in [2.05, 4.69) is 33.5 Å². The number of esters is 1. The molecule has 2 aromatic rings. The van der Waals surface area contributed by atoms with Crippen LogP contribution >= 0.6 is 0 Å². The van der Waals surface area contributed by atoms with Gasteiger partial charge in [0.05, 0.1) is 25.6 Å². The lowest BCUT2D eigenvalue weighted by Crippen LogP contribution is -2.52. The Morgan fingerprint density at radius 3 is 1.98 bits per heavy atom. The van der Waals surface area contributed by atoms with Gasteiger partial charge in [-0.15, -0.1) is 0 Å². The van der Waals surface area contributed by atoms with Gasteiger partial charge in [-0.05, 0) is 61.3 Å². The zero-order valence-electron chi connectivity index (χ0n) is 40.5. The summed E-state index contributed by atoms with van der Waals surface area (Å²) in [5, 5.41) is 12.9. The molecule has 0 radical (unpaired) electrons. The normalized spacial score (nSPS) is 15.8. The Morgan fingerprint density at radius 2 is 1.32 bits per heavy atom. The molecule has 0 aromatic heterocycles. The van der Waals surface area contributed by atoms with Gasteiger partial charge in [0.1, 0.15) is 12.6 Å². The van der Waals surface area contributed by atoms with E-state index in [0.29, 0.717) is 31.5 Å². The minimum absolute atomic E-state index is 0.0562. The van der Waals surface area contributed by atoms with Crippen molar-refractivity contribution in [3.8, 4) is 0 Å². The van der Waals surface area contributed by atoms with Gasteiger partial charge in [-0.1, -0.05) is 135 Å². The summed E-state index contributed by atoms with van der Waals surface area (Å²) >= 11 is 0. The molecule has 1 aliphatic heterocycles. The van der Waals surface area contributed by atoms with Crippen molar-refractivity contribution in [1.82, 2.24) is 26.2 Å². The fourth-order valence-electron chi connectivity index (χ4n) is 7.80. The van der Waals surface area contributed by atoms with E-state index in [-0.39, 0.29) is 80.4 Å². The second kappa shape index (κ2) is 33.0. The van der Waals surface area contributed by atoms with E-state index in [1.807, 2.05) is 40.7 Å². The van der Waals surface area contributed by atoms with Crippen LogP contribution in [0.1, 0.15) is 149 Å². The van der Waals surface area contributed by atoms with E-state index in [1.165, 1.54) is 11.3 Å². The molecule has 2 fully saturated rings. The van der Waals surface area contributed by atoms with Crippen molar-refractivity contribution in [3.63, 3.8) is 0 Å². The van der Waals surface area contributed by atoms with E-state index in [9.17, 15) is 38.4 Å². The summed E-state index contributed by atoms with van der Waals surface area (Å²) in [6.07, 6.45) is 12.6. The Hall–Kier alpha value is -5.60. The van der Waals surface area contributed by atoms with Gasteiger partial charge in [0, 0.05) is 37.4 Å². The molecule has 0 bridgehead atoms. The largest absolute Gasteiger partial charge is 0.461 e. The first-order chi connectivity index (χ1) is 31.9. The number of hydrogen-bond donors (Lipinski definition) is 5. The van der Waals surface area contributed by atoms with Crippen LogP contribution in [0.15, 0.2) is 54.6 Å². The lowest BCUT2D eigenvalue weighted by molar-refractivity contribution is -0.150. The maximum atomic E-state index is 13.3. The molecule has 5 N–H and O–H groups in total. The van der Waals surface area contributed by atoms with E-state index >= 15 is 0 Å². The van der Waals surface area contributed by atoms with E-state index in [1.54, 1.807) is 48.5 Å². The predicted molar refractivity (Wildman–Crippen MR) is 256 cm³/mol. The van der Waals surface area contributed by atoms with Crippen molar-refractivity contribution < 1.29 is 43.1 Å². The minimum atomic E-state index is -1.06. The molecule has 15 nitrogen and oxygen atoms in total. The van der Waals surface area contributed by atoms with Crippen LogP contribution < -0.4 is 26.6 Å². The molecule has 1 saturated carbocycles. The van der Waals surface area contributed by atoms with Crippen molar-refractivity contribution in [2.75, 3.05) is 31.5 Å². The monoisotopic (exact) mass is 919 g/mol. The average Bonchev–Trinajstić information content (AvgIpc) is 3.60. The van der Waals surface area contributed by atoms with Crippen molar-refractivity contribution in [2.24, 2.45) is 17.8 Å². The number of rotatable bonds is 24. The summed E-state index contributed by atoms with van der Waals surface area (Å²) in [4.78, 5) is 103. The van der Waals surface area contributed by atoms with Crippen molar-refractivity contribution in [3.05, 3.63) is 65.7 Å². The van der Waals surface area contributed by atoms with Crippen molar-refractivity contribution in [1.29, 1.82) is 0 Å². The fourth-order valence-corrected chi connectivity index (χ4v) is 7.80. The summed E-state index contributed by atoms with van der Waals surface area (Å²) < 4.78 is 5.58. The Kier molecular flexibility index (Phi) is 28.2. The number of benzene rings is 2. The molecule has 2 aromatic carbocycles. The molecule has 3 atom stereocenters. The highest BCUT2D eigenvalue weighted by Crippen LogP contribution is 2.30. The van der Waals surface area contributed by atoms with Gasteiger partial charge in [-0.25, -0.2) is 0 Å². The number of anilines is 1. The molecule has 1 saturated heterocycles. The van der Waals surface area contributed by atoms with Crippen LogP contribution in [0.5, 0.6) is 0 Å². The maximum Gasteiger partial charge on any atom is 0.309 e. The van der Waals surface area contributed by atoms with E-state index in [0.717, 1.165) is 68.9 Å². The highest BCUT2D eigenvalue weighted by molar-refractivity contribution is 6.03. The lowest BCUT2D eigenvalue weighted by Gasteiger charge is -2.19. The van der Waals surface area contributed by atoms with Crippen LogP contribution in [0, 0.1) is 17.8 Å². The van der Waals surface area contributed by atoms with Gasteiger partial charge in [0.15, 0.2) is 0 Å². The minimum Gasteiger partial charge on any atom is -0.461 e.